The van der Waals surface area contributed by atoms with Crippen LogP contribution < -0.4 is 25.7 Å². The van der Waals surface area contributed by atoms with Gasteiger partial charge in [0.05, 0.1) is 24.7 Å². The van der Waals surface area contributed by atoms with Crippen molar-refractivity contribution in [1.29, 1.82) is 0 Å². The third-order valence-corrected chi connectivity index (χ3v) is 8.27. The molecule has 1 aromatic heterocycles. The minimum Gasteiger partial charge on any atom is -0.496 e. The van der Waals surface area contributed by atoms with Crippen molar-refractivity contribution in [3.05, 3.63) is 104 Å². The van der Waals surface area contributed by atoms with E-state index in [-0.39, 0.29) is 29.4 Å². The zero-order valence-corrected chi connectivity index (χ0v) is 28.5. The molecule has 1 unspecified atom stereocenters. The van der Waals surface area contributed by atoms with Crippen molar-refractivity contribution >= 4 is 34.0 Å². The van der Waals surface area contributed by atoms with E-state index in [0.29, 0.717) is 40.8 Å². The Morgan fingerprint density at radius 2 is 1.76 bits per heavy atom. The largest absolute Gasteiger partial charge is 0.573 e. The number of fused-ring (bicyclic) bond motifs is 1. The lowest BCUT2D eigenvalue weighted by Gasteiger charge is -2.25. The minimum absolute atomic E-state index is 0.138. The van der Waals surface area contributed by atoms with Crippen LogP contribution in [0.1, 0.15) is 81.1 Å². The van der Waals surface area contributed by atoms with Gasteiger partial charge in [-0.25, -0.2) is 0 Å². The third-order valence-electron chi connectivity index (χ3n) is 8.27. The number of aromatic nitrogens is 1. The van der Waals surface area contributed by atoms with Crippen LogP contribution >= 0.6 is 0 Å². The number of methoxy groups -OCH3 is 1. The molecule has 0 bridgehead atoms. The van der Waals surface area contributed by atoms with Gasteiger partial charge in [0.15, 0.2) is 0 Å². The predicted octanol–water partition coefficient (Wildman–Crippen LogP) is 7.60. The Kier molecular flexibility index (Phi) is 12.6. The number of pyridine rings is 1. The number of ether oxygens (including phenoxy) is 3. The van der Waals surface area contributed by atoms with E-state index in [0.717, 1.165) is 36.6 Å². The topological polar surface area (TPSA) is 162 Å². The Balaban J connectivity index is 1.68. The highest BCUT2D eigenvalue weighted by molar-refractivity contribution is 5.89. The number of nitro groups is 1. The van der Waals surface area contributed by atoms with Gasteiger partial charge in [0.25, 0.3) is 11.2 Å². The average Bonchev–Trinajstić information content (AvgIpc) is 3.09. The summed E-state index contributed by atoms with van der Waals surface area (Å²) in [5, 5.41) is 18.2. The highest BCUT2D eigenvalue weighted by atomic mass is 19.4. The van der Waals surface area contributed by atoms with Gasteiger partial charge in [-0.05, 0) is 72.5 Å². The summed E-state index contributed by atoms with van der Waals surface area (Å²) >= 11 is 0. The highest BCUT2D eigenvalue weighted by Gasteiger charge is 2.34. The molecule has 15 heteroatoms. The number of nitrogens with zero attached hydrogens (tertiary/aromatic N) is 1. The number of esters is 1. The van der Waals surface area contributed by atoms with Crippen molar-refractivity contribution in [1.82, 2.24) is 10.3 Å². The summed E-state index contributed by atoms with van der Waals surface area (Å²) in [5.74, 6) is -1.45. The first-order valence-electron chi connectivity index (χ1n) is 16.3. The van der Waals surface area contributed by atoms with E-state index in [2.05, 4.69) is 20.4 Å². The number of hydrogen-bond acceptors (Lipinski definition) is 9. The average molecular weight is 713 g/mol. The lowest BCUT2D eigenvalue weighted by molar-refractivity contribution is -0.385. The number of nitro benzene ring substituents is 1. The first kappa shape index (κ1) is 38.2. The number of alkyl halides is 3. The monoisotopic (exact) mass is 712 g/mol. The molecule has 0 radical (unpaired) electrons. The molecular formula is C36H39F3N4O8. The molecule has 4 aromatic rings. The molecule has 0 aliphatic rings. The summed E-state index contributed by atoms with van der Waals surface area (Å²) in [6, 6.07) is 11.9. The van der Waals surface area contributed by atoms with Crippen molar-refractivity contribution in [2.45, 2.75) is 70.8 Å². The maximum atomic E-state index is 14.1. The SMILES string of the molecule is CCCCOC(=O)CC[C@H](C)c1ccc(C(Nc2ccc3cc[nH]c(=O)c3c2)C(=O)N[C@H](C)c2cc([N+](=O)[O-])ccc2OC(F)(F)F)cc1OC. The Morgan fingerprint density at radius 1 is 1.00 bits per heavy atom. The molecule has 0 fully saturated rings. The van der Waals surface area contributed by atoms with Gasteiger partial charge in [-0.1, -0.05) is 38.5 Å². The van der Waals surface area contributed by atoms with Crippen LogP contribution in [0.5, 0.6) is 11.5 Å². The van der Waals surface area contributed by atoms with Gasteiger partial charge in [-0.3, -0.25) is 24.5 Å². The van der Waals surface area contributed by atoms with Crippen LogP contribution in [0.3, 0.4) is 0 Å². The summed E-state index contributed by atoms with van der Waals surface area (Å²) in [6.07, 6.45) is -1.25. The van der Waals surface area contributed by atoms with Crippen LogP contribution in [0.2, 0.25) is 0 Å². The van der Waals surface area contributed by atoms with Crippen molar-refractivity contribution in [3.8, 4) is 11.5 Å². The fourth-order valence-electron chi connectivity index (χ4n) is 5.53. The van der Waals surface area contributed by atoms with Gasteiger partial charge >= 0.3 is 12.3 Å². The maximum Gasteiger partial charge on any atom is 0.573 e. The molecule has 0 aliphatic heterocycles. The first-order chi connectivity index (χ1) is 24.2. The molecule has 12 nitrogen and oxygen atoms in total. The molecule has 1 amide bonds. The third kappa shape index (κ3) is 10.2. The first-order valence-corrected chi connectivity index (χ1v) is 16.3. The fourth-order valence-corrected chi connectivity index (χ4v) is 5.53. The van der Waals surface area contributed by atoms with Crippen molar-refractivity contribution in [2.24, 2.45) is 0 Å². The Bertz CT molecular complexity index is 1930. The van der Waals surface area contributed by atoms with E-state index >= 15 is 0 Å². The van der Waals surface area contributed by atoms with Gasteiger partial charge < -0.3 is 29.8 Å². The van der Waals surface area contributed by atoms with E-state index in [9.17, 15) is 37.7 Å². The molecule has 51 heavy (non-hydrogen) atoms. The number of H-pyrrole nitrogens is 1. The number of aromatic amines is 1. The number of non-ortho nitro benzene ring substituents is 1. The van der Waals surface area contributed by atoms with Crippen LogP contribution in [0.4, 0.5) is 24.5 Å². The summed E-state index contributed by atoms with van der Waals surface area (Å²) in [5.41, 5.74) is 0.391. The zero-order valence-electron chi connectivity index (χ0n) is 28.5. The van der Waals surface area contributed by atoms with E-state index < -0.39 is 40.7 Å². The van der Waals surface area contributed by atoms with Gasteiger partial charge in [0, 0.05) is 41.4 Å². The second-order valence-corrected chi connectivity index (χ2v) is 12.0. The Morgan fingerprint density at radius 3 is 2.45 bits per heavy atom. The lowest BCUT2D eigenvalue weighted by atomic mass is 9.92. The molecule has 3 N–H and O–H groups in total. The second-order valence-electron chi connectivity index (χ2n) is 12.0. The van der Waals surface area contributed by atoms with Crippen LogP contribution in [-0.2, 0) is 14.3 Å². The maximum absolute atomic E-state index is 14.1. The zero-order chi connectivity index (χ0) is 37.3. The number of benzene rings is 3. The number of carbonyl (C=O) groups is 2. The molecule has 0 aliphatic carbocycles. The summed E-state index contributed by atoms with van der Waals surface area (Å²) in [4.78, 5) is 52.1. The Labute approximate surface area is 291 Å². The standard InChI is InChI=1S/C36H39F3N4O8/c1-5-6-17-50-32(44)14-7-21(2)27-12-9-24(18-31(27)49-4)33(42-25-10-8-23-15-16-40-34(45)29(23)19-25)35(46)41-22(3)28-20-26(43(47)48)11-13-30(28)51-36(37,38)39/h8-13,15-16,18-22,33,42H,5-7,14,17H2,1-4H3,(H,40,45)(H,41,46)/t21-,22+,33?/m0/s1. The normalized spacial score (nSPS) is 13.2. The van der Waals surface area contributed by atoms with E-state index in [1.54, 1.807) is 42.5 Å². The number of hydrogen-bond donors (Lipinski definition) is 3. The van der Waals surface area contributed by atoms with Gasteiger partial charge in [0.2, 0.25) is 5.91 Å². The minimum atomic E-state index is -5.10. The van der Waals surface area contributed by atoms with E-state index in [1.807, 2.05) is 13.8 Å². The molecule has 3 aromatic carbocycles. The Hall–Kier alpha value is -5.60. The van der Waals surface area contributed by atoms with Gasteiger partial charge in [-0.15, -0.1) is 13.2 Å². The molecule has 0 spiro atoms. The van der Waals surface area contributed by atoms with E-state index in [1.165, 1.54) is 20.2 Å². The van der Waals surface area contributed by atoms with Gasteiger partial charge in [-0.2, -0.15) is 0 Å². The van der Waals surface area contributed by atoms with Crippen LogP contribution in [0.15, 0.2) is 71.7 Å². The van der Waals surface area contributed by atoms with Crippen LogP contribution in [0.25, 0.3) is 10.8 Å². The number of anilines is 1. The molecule has 272 valence electrons. The van der Waals surface area contributed by atoms with Crippen molar-refractivity contribution in [3.63, 3.8) is 0 Å². The molecule has 0 saturated heterocycles. The van der Waals surface area contributed by atoms with Crippen LogP contribution in [0, 0.1) is 10.1 Å². The molecule has 1 heterocycles. The quantitative estimate of drug-likeness (QED) is 0.0460. The molecule has 3 atom stereocenters. The van der Waals surface area contributed by atoms with Gasteiger partial charge in [0.1, 0.15) is 17.5 Å². The van der Waals surface area contributed by atoms with Crippen LogP contribution in [-0.4, -0.2) is 41.9 Å². The lowest BCUT2D eigenvalue weighted by Crippen LogP contribution is -2.35. The number of carbonyl (C=O) groups excluding carboxylic acids is 2. The number of nitrogens with one attached hydrogen (secondary N) is 3. The molecular weight excluding hydrogens is 673 g/mol. The van der Waals surface area contributed by atoms with Crippen molar-refractivity contribution < 1.29 is 41.9 Å². The highest BCUT2D eigenvalue weighted by Crippen LogP contribution is 2.36. The van der Waals surface area contributed by atoms with Crippen molar-refractivity contribution in [2.75, 3.05) is 19.0 Å². The summed E-state index contributed by atoms with van der Waals surface area (Å²) in [7, 11) is 1.46. The summed E-state index contributed by atoms with van der Waals surface area (Å²) < 4.78 is 54.8. The second kappa shape index (κ2) is 16.9. The number of unbranched alkanes of at least 4 members (excludes halogenated alkanes) is 1. The predicted molar refractivity (Wildman–Crippen MR) is 184 cm³/mol. The number of amides is 1. The molecule has 4 rings (SSSR count). The smallest absolute Gasteiger partial charge is 0.496 e. The number of halogens is 3. The number of rotatable bonds is 16. The summed E-state index contributed by atoms with van der Waals surface area (Å²) in [6.45, 7) is 5.65. The molecule has 0 saturated carbocycles. The van der Waals surface area contributed by atoms with E-state index in [4.69, 9.17) is 9.47 Å². The fraction of sp³-hybridized carbons (Fsp3) is 0.361.